The average molecular weight is 593 g/mol. The second-order valence-electron chi connectivity index (χ2n) is 8.02. The highest BCUT2D eigenvalue weighted by atomic mass is 79.9. The van der Waals surface area contributed by atoms with Gasteiger partial charge in [-0.25, -0.2) is 8.42 Å². The molecule has 10 heteroatoms. The summed E-state index contributed by atoms with van der Waals surface area (Å²) in [6.45, 7) is 3.42. The molecule has 0 heterocycles. The summed E-state index contributed by atoms with van der Waals surface area (Å²) in [7, 11) is -4.09. The van der Waals surface area contributed by atoms with E-state index >= 15 is 0 Å². The van der Waals surface area contributed by atoms with Gasteiger partial charge in [0, 0.05) is 22.6 Å². The first-order valence-corrected chi connectivity index (χ1v) is 13.9. The second kappa shape index (κ2) is 12.4. The second-order valence-corrected chi connectivity index (χ2v) is 11.2. The van der Waals surface area contributed by atoms with Gasteiger partial charge < -0.3 is 10.2 Å². The summed E-state index contributed by atoms with van der Waals surface area (Å²) in [6.07, 6.45) is 0. The summed E-state index contributed by atoms with van der Waals surface area (Å²) in [4.78, 5) is 27.8. The first-order chi connectivity index (χ1) is 17.1. The van der Waals surface area contributed by atoms with Crippen LogP contribution in [0.1, 0.15) is 19.4 Å². The number of halogens is 2. The van der Waals surface area contributed by atoms with Gasteiger partial charge in [-0.1, -0.05) is 63.9 Å². The van der Waals surface area contributed by atoms with Gasteiger partial charge in [-0.3, -0.25) is 13.9 Å². The summed E-state index contributed by atoms with van der Waals surface area (Å²) >= 11 is 9.38. The van der Waals surface area contributed by atoms with Crippen LogP contribution in [-0.2, 0) is 26.2 Å². The molecule has 0 unspecified atom stereocenters. The monoisotopic (exact) mass is 591 g/mol. The van der Waals surface area contributed by atoms with Crippen molar-refractivity contribution >= 4 is 55.1 Å². The van der Waals surface area contributed by atoms with E-state index < -0.39 is 28.5 Å². The predicted molar refractivity (Wildman–Crippen MR) is 145 cm³/mol. The Bertz CT molecular complexity index is 1300. The standard InChI is InChI=1S/C26H27BrClN3O4S/c1-3-29-26(33)19(2)30(17-20-12-14-22(28)15-13-20)25(32)18-31(23-9-7-8-21(27)16-23)36(34,35)24-10-5-4-6-11-24/h4-16,19H,3,17-18H2,1-2H3,(H,29,33)/t19-/m0/s1. The number of rotatable bonds is 10. The molecule has 0 fully saturated rings. The average Bonchev–Trinajstić information content (AvgIpc) is 2.87. The van der Waals surface area contributed by atoms with Crippen LogP contribution in [0.4, 0.5) is 5.69 Å². The third-order valence-electron chi connectivity index (χ3n) is 5.49. The van der Waals surface area contributed by atoms with Gasteiger partial charge in [0.05, 0.1) is 10.6 Å². The fourth-order valence-electron chi connectivity index (χ4n) is 3.57. The SMILES string of the molecule is CCNC(=O)[C@H](C)N(Cc1ccc(Cl)cc1)C(=O)CN(c1cccc(Br)c1)S(=O)(=O)c1ccccc1. The van der Waals surface area contributed by atoms with Crippen LogP contribution in [-0.4, -0.2) is 44.3 Å². The summed E-state index contributed by atoms with van der Waals surface area (Å²) < 4.78 is 29.0. The van der Waals surface area contributed by atoms with Crippen molar-refractivity contribution in [1.82, 2.24) is 10.2 Å². The normalized spacial score (nSPS) is 12.0. The first kappa shape index (κ1) is 27.7. The number of amides is 2. The minimum Gasteiger partial charge on any atom is -0.355 e. The molecule has 0 aliphatic heterocycles. The Morgan fingerprint density at radius 3 is 2.28 bits per heavy atom. The highest BCUT2D eigenvalue weighted by Crippen LogP contribution is 2.27. The van der Waals surface area contributed by atoms with Crippen LogP contribution in [0.15, 0.2) is 88.2 Å². The number of carbonyl (C=O) groups is 2. The molecule has 0 aliphatic carbocycles. The minimum atomic E-state index is -4.09. The van der Waals surface area contributed by atoms with Crippen LogP contribution in [0.25, 0.3) is 0 Å². The van der Waals surface area contributed by atoms with Crippen LogP contribution in [0.2, 0.25) is 5.02 Å². The Labute approximate surface area is 225 Å². The van der Waals surface area contributed by atoms with E-state index in [9.17, 15) is 18.0 Å². The number of hydrogen-bond donors (Lipinski definition) is 1. The lowest BCUT2D eigenvalue weighted by Crippen LogP contribution is -2.51. The van der Waals surface area contributed by atoms with Gasteiger partial charge in [0.25, 0.3) is 10.0 Å². The molecule has 0 saturated carbocycles. The molecular formula is C26H27BrClN3O4S. The van der Waals surface area contributed by atoms with Gasteiger partial charge in [-0.2, -0.15) is 0 Å². The lowest BCUT2D eigenvalue weighted by atomic mass is 10.1. The number of sulfonamides is 1. The Morgan fingerprint density at radius 1 is 1.00 bits per heavy atom. The van der Waals surface area contributed by atoms with Gasteiger partial charge in [-0.15, -0.1) is 0 Å². The molecule has 0 spiro atoms. The van der Waals surface area contributed by atoms with Crippen molar-refractivity contribution in [2.24, 2.45) is 0 Å². The van der Waals surface area contributed by atoms with Gasteiger partial charge in [0.1, 0.15) is 12.6 Å². The summed E-state index contributed by atoms with van der Waals surface area (Å²) in [5.74, 6) is -0.858. The number of nitrogens with one attached hydrogen (secondary N) is 1. The Balaban J connectivity index is 2.01. The third kappa shape index (κ3) is 6.87. The van der Waals surface area contributed by atoms with Gasteiger partial charge in [0.2, 0.25) is 11.8 Å². The molecule has 36 heavy (non-hydrogen) atoms. The zero-order valence-corrected chi connectivity index (χ0v) is 23.1. The molecule has 0 bridgehead atoms. The van der Waals surface area contributed by atoms with Crippen molar-refractivity contribution in [3.05, 3.63) is 93.9 Å². The number of hydrogen-bond acceptors (Lipinski definition) is 4. The lowest BCUT2D eigenvalue weighted by molar-refractivity contribution is -0.139. The van der Waals surface area contributed by atoms with Gasteiger partial charge in [0.15, 0.2) is 0 Å². The molecule has 1 atom stereocenters. The summed E-state index contributed by atoms with van der Waals surface area (Å²) in [6, 6.07) is 20.7. The minimum absolute atomic E-state index is 0.0544. The van der Waals surface area contributed by atoms with Crippen LogP contribution in [0, 0.1) is 0 Å². The van der Waals surface area contributed by atoms with Crippen molar-refractivity contribution in [2.75, 3.05) is 17.4 Å². The van der Waals surface area contributed by atoms with E-state index in [0.29, 0.717) is 21.7 Å². The predicted octanol–water partition coefficient (Wildman–Crippen LogP) is 4.85. The van der Waals surface area contributed by atoms with E-state index in [1.165, 1.54) is 17.0 Å². The van der Waals surface area contributed by atoms with Crippen LogP contribution < -0.4 is 9.62 Å². The Morgan fingerprint density at radius 2 is 1.67 bits per heavy atom. The van der Waals surface area contributed by atoms with Crippen LogP contribution in [0.3, 0.4) is 0 Å². The smallest absolute Gasteiger partial charge is 0.264 e. The number of likely N-dealkylation sites (N-methyl/N-ethyl adjacent to an activating group) is 1. The maximum atomic E-state index is 13.7. The maximum absolute atomic E-state index is 13.7. The lowest BCUT2D eigenvalue weighted by Gasteiger charge is -2.32. The van der Waals surface area contributed by atoms with Crippen molar-refractivity contribution < 1.29 is 18.0 Å². The van der Waals surface area contributed by atoms with E-state index in [-0.39, 0.29) is 17.3 Å². The molecule has 0 aliphatic rings. The molecule has 190 valence electrons. The van der Waals surface area contributed by atoms with E-state index in [4.69, 9.17) is 11.6 Å². The largest absolute Gasteiger partial charge is 0.355 e. The topological polar surface area (TPSA) is 86.8 Å². The molecule has 0 aromatic heterocycles. The van der Waals surface area contributed by atoms with Crippen LogP contribution >= 0.6 is 27.5 Å². The molecular weight excluding hydrogens is 566 g/mol. The van der Waals surface area contributed by atoms with Crippen molar-refractivity contribution in [3.63, 3.8) is 0 Å². The quantitative estimate of drug-likeness (QED) is 0.365. The van der Waals surface area contributed by atoms with E-state index in [1.54, 1.807) is 80.6 Å². The zero-order valence-electron chi connectivity index (χ0n) is 19.9. The molecule has 3 aromatic carbocycles. The Hall–Kier alpha value is -2.88. The zero-order chi connectivity index (χ0) is 26.3. The van der Waals surface area contributed by atoms with E-state index in [0.717, 1.165) is 9.87 Å². The van der Waals surface area contributed by atoms with Crippen LogP contribution in [0.5, 0.6) is 0 Å². The summed E-state index contributed by atoms with van der Waals surface area (Å²) in [5.41, 5.74) is 1.07. The fourth-order valence-corrected chi connectivity index (χ4v) is 5.51. The van der Waals surface area contributed by atoms with Crippen molar-refractivity contribution in [3.8, 4) is 0 Å². The molecule has 3 aromatic rings. The molecule has 7 nitrogen and oxygen atoms in total. The number of anilines is 1. The van der Waals surface area contributed by atoms with Crippen molar-refractivity contribution in [2.45, 2.75) is 31.3 Å². The van der Waals surface area contributed by atoms with Crippen molar-refractivity contribution in [1.29, 1.82) is 0 Å². The van der Waals surface area contributed by atoms with E-state index in [2.05, 4.69) is 21.2 Å². The summed E-state index contributed by atoms with van der Waals surface area (Å²) in [5, 5.41) is 3.28. The number of carbonyl (C=O) groups excluding carboxylic acids is 2. The molecule has 1 N–H and O–H groups in total. The first-order valence-electron chi connectivity index (χ1n) is 11.3. The van der Waals surface area contributed by atoms with E-state index in [1.807, 2.05) is 0 Å². The highest BCUT2D eigenvalue weighted by Gasteiger charge is 2.32. The third-order valence-corrected chi connectivity index (χ3v) is 8.02. The number of benzene rings is 3. The molecule has 2 amide bonds. The molecule has 3 rings (SSSR count). The molecule has 0 radical (unpaired) electrons. The molecule has 0 saturated heterocycles. The number of nitrogens with zero attached hydrogens (tertiary/aromatic N) is 2. The Kier molecular flexibility index (Phi) is 9.53. The fraction of sp³-hybridized carbons (Fsp3) is 0.231. The maximum Gasteiger partial charge on any atom is 0.264 e. The highest BCUT2D eigenvalue weighted by molar-refractivity contribution is 9.10. The van der Waals surface area contributed by atoms with Gasteiger partial charge >= 0.3 is 0 Å². The van der Waals surface area contributed by atoms with Gasteiger partial charge in [-0.05, 0) is 61.9 Å².